The van der Waals surface area contributed by atoms with Gasteiger partial charge in [-0.1, -0.05) is 49.1 Å². The minimum Gasteiger partial charge on any atom is -0.360 e. The smallest absolute Gasteiger partial charge is 0.202 e. The number of hydrogen-bond donors (Lipinski definition) is 0. The third-order valence-corrected chi connectivity index (χ3v) is 3.89. The molecule has 4 heteroatoms. The van der Waals surface area contributed by atoms with Crippen LogP contribution in [0.3, 0.4) is 0 Å². The molecule has 0 aromatic heterocycles. The summed E-state index contributed by atoms with van der Waals surface area (Å²) in [5.74, 6) is -0.323. The lowest BCUT2D eigenvalue weighted by Gasteiger charge is -2.06. The Morgan fingerprint density at radius 3 is 2.58 bits per heavy atom. The van der Waals surface area contributed by atoms with E-state index < -0.39 is 9.84 Å². The van der Waals surface area contributed by atoms with E-state index in [1.165, 1.54) is 0 Å². The first-order chi connectivity index (χ1) is 9.10. The van der Waals surface area contributed by atoms with Crippen LogP contribution < -0.4 is 0 Å². The SMILES string of the molecule is C=C/C=C\C(=C/C)COCS(=O)(=O)c1ccccc1. The van der Waals surface area contributed by atoms with Crippen molar-refractivity contribution in [3.8, 4) is 0 Å². The topological polar surface area (TPSA) is 43.4 Å². The summed E-state index contributed by atoms with van der Waals surface area (Å²) >= 11 is 0. The standard InChI is InChI=1S/C15H18O3S/c1-3-5-9-14(4-2)12-18-13-19(16,17)15-10-7-6-8-11-15/h3-11H,1,12-13H2,2H3/b9-5-,14-4+. The highest BCUT2D eigenvalue weighted by Gasteiger charge is 2.13. The molecule has 1 rings (SSSR count). The van der Waals surface area contributed by atoms with Crippen LogP contribution in [0.5, 0.6) is 0 Å². The van der Waals surface area contributed by atoms with Gasteiger partial charge in [0.1, 0.15) is 0 Å². The second-order valence-corrected chi connectivity index (χ2v) is 5.79. The molecule has 0 bridgehead atoms. The van der Waals surface area contributed by atoms with E-state index in [0.29, 0.717) is 0 Å². The number of benzene rings is 1. The Hall–Kier alpha value is -1.65. The third kappa shape index (κ3) is 5.24. The monoisotopic (exact) mass is 278 g/mol. The number of hydrogen-bond acceptors (Lipinski definition) is 3. The second kappa shape index (κ2) is 7.71. The minimum absolute atomic E-state index is 0.257. The van der Waals surface area contributed by atoms with Crippen LogP contribution >= 0.6 is 0 Å². The van der Waals surface area contributed by atoms with Crippen LogP contribution in [0.15, 0.2) is 71.7 Å². The predicted molar refractivity (Wildman–Crippen MR) is 77.5 cm³/mol. The van der Waals surface area contributed by atoms with E-state index in [4.69, 9.17) is 4.74 Å². The van der Waals surface area contributed by atoms with Gasteiger partial charge < -0.3 is 4.74 Å². The molecule has 0 unspecified atom stereocenters. The minimum atomic E-state index is -3.38. The molecule has 0 aliphatic heterocycles. The van der Waals surface area contributed by atoms with Gasteiger partial charge in [-0.25, -0.2) is 8.42 Å². The Morgan fingerprint density at radius 1 is 1.32 bits per heavy atom. The lowest BCUT2D eigenvalue weighted by atomic mass is 10.2. The van der Waals surface area contributed by atoms with Crippen LogP contribution in [-0.4, -0.2) is 21.0 Å². The zero-order chi connectivity index (χ0) is 14.1. The fraction of sp³-hybridized carbons (Fsp3) is 0.200. The van der Waals surface area contributed by atoms with E-state index in [1.54, 1.807) is 42.5 Å². The molecule has 0 N–H and O–H groups in total. The first-order valence-electron chi connectivity index (χ1n) is 5.90. The van der Waals surface area contributed by atoms with Gasteiger partial charge in [-0.15, -0.1) is 0 Å². The highest BCUT2D eigenvalue weighted by molar-refractivity contribution is 7.91. The average Bonchev–Trinajstić information content (AvgIpc) is 2.43. The summed E-state index contributed by atoms with van der Waals surface area (Å²) < 4.78 is 29.1. The molecule has 102 valence electrons. The van der Waals surface area contributed by atoms with Crippen LogP contribution in [0.4, 0.5) is 0 Å². The van der Waals surface area contributed by atoms with Crippen LogP contribution in [0.25, 0.3) is 0 Å². The maximum Gasteiger partial charge on any atom is 0.202 e. The fourth-order valence-electron chi connectivity index (χ4n) is 1.38. The van der Waals surface area contributed by atoms with Crippen molar-refractivity contribution in [2.75, 3.05) is 12.5 Å². The Kier molecular flexibility index (Phi) is 6.25. The van der Waals surface area contributed by atoms with Crippen LogP contribution in [0, 0.1) is 0 Å². The average molecular weight is 278 g/mol. The molecule has 1 aromatic rings. The van der Waals surface area contributed by atoms with E-state index in [9.17, 15) is 8.42 Å². The summed E-state index contributed by atoms with van der Waals surface area (Å²) in [6.07, 6.45) is 7.14. The predicted octanol–water partition coefficient (Wildman–Crippen LogP) is 3.12. The molecule has 0 amide bonds. The quantitative estimate of drug-likeness (QED) is 0.720. The number of sulfone groups is 1. The summed E-state index contributed by atoms with van der Waals surface area (Å²) in [6.45, 7) is 5.71. The van der Waals surface area contributed by atoms with Gasteiger partial charge in [0, 0.05) is 0 Å². The van der Waals surface area contributed by atoms with Crippen molar-refractivity contribution in [3.63, 3.8) is 0 Å². The third-order valence-electron chi connectivity index (χ3n) is 2.43. The molecule has 0 heterocycles. The van der Waals surface area contributed by atoms with E-state index in [0.717, 1.165) is 5.57 Å². The molecular formula is C15H18O3S. The van der Waals surface area contributed by atoms with Crippen molar-refractivity contribution in [1.29, 1.82) is 0 Å². The summed E-state index contributed by atoms with van der Waals surface area (Å²) in [5, 5.41) is 0. The highest BCUT2D eigenvalue weighted by Crippen LogP contribution is 2.10. The van der Waals surface area contributed by atoms with E-state index in [1.807, 2.05) is 19.1 Å². The van der Waals surface area contributed by atoms with E-state index >= 15 is 0 Å². The van der Waals surface area contributed by atoms with Crippen molar-refractivity contribution in [1.82, 2.24) is 0 Å². The van der Waals surface area contributed by atoms with Crippen LogP contribution in [0.2, 0.25) is 0 Å². The summed E-state index contributed by atoms with van der Waals surface area (Å²) in [4.78, 5) is 0.277. The van der Waals surface area contributed by atoms with Gasteiger partial charge in [0.05, 0.1) is 11.5 Å². The largest absolute Gasteiger partial charge is 0.360 e. The summed E-state index contributed by atoms with van der Waals surface area (Å²) in [5.41, 5.74) is 0.906. The second-order valence-electron chi connectivity index (χ2n) is 3.85. The zero-order valence-corrected chi connectivity index (χ0v) is 11.8. The molecule has 3 nitrogen and oxygen atoms in total. The molecule has 0 spiro atoms. The van der Waals surface area contributed by atoms with Crippen molar-refractivity contribution in [2.24, 2.45) is 0 Å². The highest BCUT2D eigenvalue weighted by atomic mass is 32.2. The Morgan fingerprint density at radius 2 is 2.00 bits per heavy atom. The lowest BCUT2D eigenvalue weighted by molar-refractivity contribution is 0.204. The normalized spacial score (nSPS) is 12.8. The number of rotatable bonds is 7. The molecule has 19 heavy (non-hydrogen) atoms. The molecule has 1 aromatic carbocycles. The van der Waals surface area contributed by atoms with Gasteiger partial charge in [0.15, 0.2) is 5.94 Å². The van der Waals surface area contributed by atoms with Gasteiger partial charge >= 0.3 is 0 Å². The maximum absolute atomic E-state index is 11.9. The van der Waals surface area contributed by atoms with Gasteiger partial charge in [0.25, 0.3) is 0 Å². The molecule has 0 saturated heterocycles. The molecule has 0 aliphatic rings. The molecule has 0 atom stereocenters. The van der Waals surface area contributed by atoms with Gasteiger partial charge in [0.2, 0.25) is 9.84 Å². The summed E-state index contributed by atoms with van der Waals surface area (Å²) in [6, 6.07) is 8.28. The van der Waals surface area contributed by atoms with Crippen molar-refractivity contribution in [2.45, 2.75) is 11.8 Å². The number of allylic oxidation sites excluding steroid dienone is 3. The number of ether oxygens (including phenoxy) is 1. The van der Waals surface area contributed by atoms with E-state index in [2.05, 4.69) is 6.58 Å². The summed E-state index contributed by atoms with van der Waals surface area (Å²) in [7, 11) is -3.38. The van der Waals surface area contributed by atoms with Crippen molar-refractivity contribution < 1.29 is 13.2 Å². The Balaban J connectivity index is 2.58. The lowest BCUT2D eigenvalue weighted by Crippen LogP contribution is -2.11. The zero-order valence-electron chi connectivity index (χ0n) is 11.0. The van der Waals surface area contributed by atoms with Gasteiger partial charge in [-0.2, -0.15) is 0 Å². The molecule has 0 radical (unpaired) electrons. The molecular weight excluding hydrogens is 260 g/mol. The van der Waals surface area contributed by atoms with Crippen LogP contribution in [0.1, 0.15) is 6.92 Å². The van der Waals surface area contributed by atoms with Crippen LogP contribution in [-0.2, 0) is 14.6 Å². The van der Waals surface area contributed by atoms with E-state index in [-0.39, 0.29) is 17.4 Å². The van der Waals surface area contributed by atoms with Gasteiger partial charge in [-0.3, -0.25) is 0 Å². The first kappa shape index (κ1) is 15.4. The van der Waals surface area contributed by atoms with Crippen molar-refractivity contribution in [3.05, 3.63) is 66.8 Å². The maximum atomic E-state index is 11.9. The molecule has 0 aliphatic carbocycles. The molecule has 0 saturated carbocycles. The molecule has 0 fully saturated rings. The van der Waals surface area contributed by atoms with Crippen molar-refractivity contribution >= 4 is 9.84 Å². The first-order valence-corrected chi connectivity index (χ1v) is 7.55. The fourth-order valence-corrected chi connectivity index (χ4v) is 2.40. The Bertz CT molecular complexity index is 554. The Labute approximate surface area is 114 Å². The van der Waals surface area contributed by atoms with Gasteiger partial charge in [-0.05, 0) is 24.6 Å².